The van der Waals surface area contributed by atoms with Crippen LogP contribution in [0.2, 0.25) is 5.02 Å². The van der Waals surface area contributed by atoms with Crippen molar-refractivity contribution in [3.63, 3.8) is 0 Å². The molecule has 0 bridgehead atoms. The number of hydrogen-bond acceptors (Lipinski definition) is 3. The molecular weight excluding hydrogens is 422 g/mol. The number of fused-ring (bicyclic) bond motifs is 1. The number of sulfonamides is 1. The highest BCUT2D eigenvalue weighted by molar-refractivity contribution is 7.90. The summed E-state index contributed by atoms with van der Waals surface area (Å²) in [5.41, 5.74) is 1.78. The van der Waals surface area contributed by atoms with Crippen molar-refractivity contribution in [3.05, 3.63) is 65.2 Å². The van der Waals surface area contributed by atoms with E-state index in [1.807, 2.05) is 30.3 Å². The predicted octanol–water partition coefficient (Wildman–Crippen LogP) is 3.84. The average molecular weight is 448 g/mol. The van der Waals surface area contributed by atoms with Crippen LogP contribution >= 0.6 is 11.6 Å². The van der Waals surface area contributed by atoms with Crippen LogP contribution in [0.3, 0.4) is 0 Å². The van der Waals surface area contributed by atoms with Gasteiger partial charge in [0.1, 0.15) is 0 Å². The Morgan fingerprint density at radius 3 is 2.60 bits per heavy atom. The third-order valence-electron chi connectivity index (χ3n) is 6.02. The van der Waals surface area contributed by atoms with E-state index in [2.05, 4.69) is 5.32 Å². The summed E-state index contributed by atoms with van der Waals surface area (Å²) in [5.74, 6) is 0.0646. The fourth-order valence-corrected chi connectivity index (χ4v) is 6.81. The van der Waals surface area contributed by atoms with Gasteiger partial charge in [-0.1, -0.05) is 48.0 Å². The second kappa shape index (κ2) is 8.96. The maximum Gasteiger partial charge on any atom is 0.321 e. The first-order valence-electron chi connectivity index (χ1n) is 10.3. The third kappa shape index (κ3) is 4.63. The van der Waals surface area contributed by atoms with Crippen molar-refractivity contribution >= 4 is 33.3 Å². The van der Waals surface area contributed by atoms with Crippen molar-refractivity contribution < 1.29 is 13.2 Å². The molecule has 160 valence electrons. The standard InChI is InChI=1S/C22H26ClN3O3S/c23-19-7-4-8-20(15-19)24-22(27)25-12-10-18-16-26(30(28,29)21(18)11-13-25)14-9-17-5-2-1-3-6-17/h1-8,15,18,21H,9-14,16H2,(H,24,27)/t18-,21-/m1/s1. The number of carbonyl (C=O) groups excluding carboxylic acids is 1. The predicted molar refractivity (Wildman–Crippen MR) is 119 cm³/mol. The molecule has 0 spiro atoms. The van der Waals surface area contributed by atoms with Gasteiger partial charge in [0, 0.05) is 36.9 Å². The van der Waals surface area contributed by atoms with E-state index in [-0.39, 0.29) is 11.9 Å². The normalized spacial score (nSPS) is 23.6. The molecule has 0 aliphatic carbocycles. The number of carbonyl (C=O) groups is 1. The van der Waals surface area contributed by atoms with E-state index in [0.29, 0.717) is 56.2 Å². The number of anilines is 1. The highest BCUT2D eigenvalue weighted by Crippen LogP contribution is 2.34. The lowest BCUT2D eigenvalue weighted by Crippen LogP contribution is -2.37. The molecule has 2 aliphatic rings. The lowest BCUT2D eigenvalue weighted by atomic mass is 10.0. The minimum Gasteiger partial charge on any atom is -0.324 e. The van der Waals surface area contributed by atoms with E-state index in [0.717, 1.165) is 5.56 Å². The summed E-state index contributed by atoms with van der Waals surface area (Å²) in [5, 5.41) is 3.01. The molecule has 2 atom stereocenters. The monoisotopic (exact) mass is 447 g/mol. The van der Waals surface area contributed by atoms with Crippen LogP contribution < -0.4 is 5.32 Å². The van der Waals surface area contributed by atoms with Crippen molar-refractivity contribution in [1.82, 2.24) is 9.21 Å². The molecule has 0 aromatic heterocycles. The van der Waals surface area contributed by atoms with E-state index in [1.165, 1.54) is 0 Å². The van der Waals surface area contributed by atoms with Gasteiger partial charge in [-0.15, -0.1) is 0 Å². The molecule has 2 amide bonds. The Hall–Kier alpha value is -2.09. The largest absolute Gasteiger partial charge is 0.324 e. The second-order valence-electron chi connectivity index (χ2n) is 7.94. The van der Waals surface area contributed by atoms with E-state index in [9.17, 15) is 13.2 Å². The molecular formula is C22H26ClN3O3S. The molecule has 1 N–H and O–H groups in total. The summed E-state index contributed by atoms with van der Waals surface area (Å²) < 4.78 is 27.8. The van der Waals surface area contributed by atoms with E-state index >= 15 is 0 Å². The first-order chi connectivity index (χ1) is 14.4. The molecule has 0 radical (unpaired) electrons. The average Bonchev–Trinajstić information content (AvgIpc) is 2.86. The number of nitrogens with zero attached hydrogens (tertiary/aromatic N) is 2. The zero-order chi connectivity index (χ0) is 21.1. The van der Waals surface area contributed by atoms with Crippen LogP contribution in [0, 0.1) is 5.92 Å². The second-order valence-corrected chi connectivity index (χ2v) is 10.5. The number of benzene rings is 2. The van der Waals surface area contributed by atoms with Crippen LogP contribution in [0.4, 0.5) is 10.5 Å². The Morgan fingerprint density at radius 1 is 1.07 bits per heavy atom. The lowest BCUT2D eigenvalue weighted by molar-refractivity contribution is 0.212. The topological polar surface area (TPSA) is 69.7 Å². The van der Waals surface area contributed by atoms with Gasteiger partial charge < -0.3 is 10.2 Å². The smallest absolute Gasteiger partial charge is 0.321 e. The molecule has 4 rings (SSSR count). The zero-order valence-corrected chi connectivity index (χ0v) is 18.3. The number of nitrogens with one attached hydrogen (secondary N) is 1. The number of amides is 2. The number of likely N-dealkylation sites (tertiary alicyclic amines) is 1. The van der Waals surface area contributed by atoms with Crippen molar-refractivity contribution in [2.24, 2.45) is 5.92 Å². The van der Waals surface area contributed by atoms with Crippen LogP contribution in [-0.2, 0) is 16.4 Å². The molecule has 2 saturated heterocycles. The third-order valence-corrected chi connectivity index (χ3v) is 8.69. The highest BCUT2D eigenvalue weighted by atomic mass is 35.5. The molecule has 8 heteroatoms. The molecule has 2 heterocycles. The van der Waals surface area contributed by atoms with Crippen molar-refractivity contribution in [2.75, 3.05) is 31.5 Å². The SMILES string of the molecule is O=C(Nc1cccc(Cl)c1)N1CC[C@@H]2CN(CCc3ccccc3)S(=O)(=O)[C@@H]2CC1. The van der Waals surface area contributed by atoms with Crippen LogP contribution in [0.15, 0.2) is 54.6 Å². The van der Waals surface area contributed by atoms with Gasteiger partial charge in [-0.2, -0.15) is 0 Å². The fraction of sp³-hybridized carbons (Fsp3) is 0.409. The minimum absolute atomic E-state index is 0.0646. The highest BCUT2D eigenvalue weighted by Gasteiger charge is 2.46. The Labute approximate surface area is 182 Å². The van der Waals surface area contributed by atoms with E-state index in [1.54, 1.807) is 33.5 Å². The van der Waals surface area contributed by atoms with Crippen LogP contribution in [0.25, 0.3) is 0 Å². The van der Waals surface area contributed by atoms with Crippen LogP contribution in [0.5, 0.6) is 0 Å². The minimum atomic E-state index is -3.34. The Kier molecular flexibility index (Phi) is 6.32. The fourth-order valence-electron chi connectivity index (χ4n) is 4.38. The van der Waals surface area contributed by atoms with Gasteiger partial charge in [-0.3, -0.25) is 0 Å². The summed E-state index contributed by atoms with van der Waals surface area (Å²) in [4.78, 5) is 14.4. The summed E-state index contributed by atoms with van der Waals surface area (Å²) >= 11 is 5.98. The molecule has 2 aliphatic heterocycles. The van der Waals surface area contributed by atoms with E-state index < -0.39 is 15.3 Å². The molecule has 30 heavy (non-hydrogen) atoms. The maximum absolute atomic E-state index is 13.1. The van der Waals surface area contributed by atoms with Gasteiger partial charge in [0.15, 0.2) is 0 Å². The number of rotatable bonds is 4. The van der Waals surface area contributed by atoms with Crippen molar-refractivity contribution in [1.29, 1.82) is 0 Å². The van der Waals surface area contributed by atoms with Gasteiger partial charge >= 0.3 is 6.03 Å². The molecule has 0 unspecified atom stereocenters. The summed E-state index contributed by atoms with van der Waals surface area (Å²) in [6.45, 7) is 2.04. The molecule has 6 nitrogen and oxygen atoms in total. The van der Waals surface area contributed by atoms with Crippen molar-refractivity contribution in [3.8, 4) is 0 Å². The van der Waals surface area contributed by atoms with Gasteiger partial charge in [0.05, 0.1) is 5.25 Å². The number of hydrogen-bond donors (Lipinski definition) is 1. The van der Waals surface area contributed by atoms with Gasteiger partial charge in [0.2, 0.25) is 10.0 Å². The molecule has 2 aromatic carbocycles. The molecule has 2 fully saturated rings. The molecule has 0 saturated carbocycles. The zero-order valence-electron chi connectivity index (χ0n) is 16.7. The number of halogens is 1. The first-order valence-corrected chi connectivity index (χ1v) is 12.2. The van der Waals surface area contributed by atoms with E-state index in [4.69, 9.17) is 11.6 Å². The summed E-state index contributed by atoms with van der Waals surface area (Å²) in [6, 6.07) is 16.8. The Bertz CT molecular complexity index is 1000. The van der Waals surface area contributed by atoms with Crippen LogP contribution in [0.1, 0.15) is 18.4 Å². The Morgan fingerprint density at radius 2 is 1.83 bits per heavy atom. The van der Waals surface area contributed by atoms with Crippen LogP contribution in [-0.4, -0.2) is 55.1 Å². The van der Waals surface area contributed by atoms with Crippen molar-refractivity contribution in [2.45, 2.75) is 24.5 Å². The van der Waals surface area contributed by atoms with Gasteiger partial charge in [-0.05, 0) is 48.9 Å². The maximum atomic E-state index is 13.1. The molecule has 2 aromatic rings. The first kappa shape index (κ1) is 21.2. The quantitative estimate of drug-likeness (QED) is 0.774. The summed E-state index contributed by atoms with van der Waals surface area (Å²) in [7, 11) is -3.34. The lowest BCUT2D eigenvalue weighted by Gasteiger charge is -2.22. The van der Waals surface area contributed by atoms with Gasteiger partial charge in [0.25, 0.3) is 0 Å². The van der Waals surface area contributed by atoms with Gasteiger partial charge in [-0.25, -0.2) is 17.5 Å². The Balaban J connectivity index is 1.36. The summed E-state index contributed by atoms with van der Waals surface area (Å²) in [6.07, 6.45) is 1.88. The number of urea groups is 1.